The summed E-state index contributed by atoms with van der Waals surface area (Å²) in [7, 11) is 0. The molecule has 1 rings (SSSR count). The number of carbonyl (C=O) groups excluding carboxylic acids is 1. The van der Waals surface area contributed by atoms with Gasteiger partial charge < -0.3 is 9.73 Å². The molecule has 3 nitrogen and oxygen atoms in total. The lowest BCUT2D eigenvalue weighted by Gasteiger charge is -2.21. The van der Waals surface area contributed by atoms with Crippen molar-refractivity contribution in [1.82, 2.24) is 5.32 Å². The molecule has 0 aliphatic heterocycles. The molecule has 0 radical (unpaired) electrons. The van der Waals surface area contributed by atoms with Crippen LogP contribution in [-0.2, 0) is 0 Å². The first-order chi connectivity index (χ1) is 7.19. The standard InChI is InChI=1S/C12H19NO2/c1-4-10(5-2)9(3)13-12(14)11-7-6-8-15-11/h6-10H,4-5H2,1-3H3,(H,13,14). The van der Waals surface area contributed by atoms with Gasteiger partial charge in [0.25, 0.3) is 5.91 Å². The molecule has 0 aliphatic rings. The van der Waals surface area contributed by atoms with Crippen LogP contribution in [0.5, 0.6) is 0 Å². The minimum Gasteiger partial charge on any atom is -0.459 e. The van der Waals surface area contributed by atoms with Crippen molar-refractivity contribution >= 4 is 5.91 Å². The number of nitrogens with one attached hydrogen (secondary N) is 1. The predicted octanol–water partition coefficient (Wildman–Crippen LogP) is 2.83. The molecule has 0 aliphatic carbocycles. The van der Waals surface area contributed by atoms with Crippen molar-refractivity contribution in [3.8, 4) is 0 Å². The Morgan fingerprint density at radius 3 is 2.60 bits per heavy atom. The average Bonchev–Trinajstić information content (AvgIpc) is 2.72. The first kappa shape index (κ1) is 11.8. The van der Waals surface area contributed by atoms with E-state index in [4.69, 9.17) is 4.42 Å². The van der Waals surface area contributed by atoms with E-state index in [9.17, 15) is 4.79 Å². The Bertz CT molecular complexity index is 289. The lowest BCUT2D eigenvalue weighted by Crippen LogP contribution is -2.37. The maximum Gasteiger partial charge on any atom is 0.287 e. The van der Waals surface area contributed by atoms with Gasteiger partial charge in [0.05, 0.1) is 6.26 Å². The Labute approximate surface area is 90.9 Å². The highest BCUT2D eigenvalue weighted by molar-refractivity contribution is 5.91. The van der Waals surface area contributed by atoms with Crippen LogP contribution in [0.15, 0.2) is 22.8 Å². The zero-order valence-corrected chi connectivity index (χ0v) is 9.62. The van der Waals surface area contributed by atoms with Crippen molar-refractivity contribution in [3.05, 3.63) is 24.2 Å². The van der Waals surface area contributed by atoms with Crippen LogP contribution in [0.2, 0.25) is 0 Å². The van der Waals surface area contributed by atoms with Gasteiger partial charge in [0.15, 0.2) is 5.76 Å². The molecule has 0 fully saturated rings. The molecule has 1 heterocycles. The summed E-state index contributed by atoms with van der Waals surface area (Å²) in [6, 6.07) is 3.59. The molecule has 1 aromatic heterocycles. The number of rotatable bonds is 5. The van der Waals surface area contributed by atoms with Crippen LogP contribution in [0.3, 0.4) is 0 Å². The van der Waals surface area contributed by atoms with Crippen molar-refractivity contribution in [3.63, 3.8) is 0 Å². The van der Waals surface area contributed by atoms with E-state index in [1.807, 2.05) is 6.92 Å². The summed E-state index contributed by atoms with van der Waals surface area (Å²) in [4.78, 5) is 11.6. The zero-order valence-electron chi connectivity index (χ0n) is 9.62. The zero-order chi connectivity index (χ0) is 11.3. The van der Waals surface area contributed by atoms with Gasteiger partial charge in [0, 0.05) is 6.04 Å². The van der Waals surface area contributed by atoms with E-state index in [2.05, 4.69) is 19.2 Å². The molecule has 0 saturated heterocycles. The molecule has 1 aromatic rings. The molecule has 84 valence electrons. The predicted molar refractivity (Wildman–Crippen MR) is 59.7 cm³/mol. The van der Waals surface area contributed by atoms with Gasteiger partial charge in [-0.3, -0.25) is 4.79 Å². The largest absolute Gasteiger partial charge is 0.459 e. The Morgan fingerprint density at radius 2 is 2.13 bits per heavy atom. The van der Waals surface area contributed by atoms with Gasteiger partial charge in [-0.25, -0.2) is 0 Å². The number of hydrogen-bond acceptors (Lipinski definition) is 2. The fourth-order valence-corrected chi connectivity index (χ4v) is 1.80. The van der Waals surface area contributed by atoms with E-state index in [1.54, 1.807) is 12.1 Å². The van der Waals surface area contributed by atoms with Gasteiger partial charge in [-0.2, -0.15) is 0 Å². The van der Waals surface area contributed by atoms with Crippen molar-refractivity contribution in [1.29, 1.82) is 0 Å². The van der Waals surface area contributed by atoms with E-state index in [0.29, 0.717) is 11.7 Å². The Morgan fingerprint density at radius 1 is 1.47 bits per heavy atom. The highest BCUT2D eigenvalue weighted by Gasteiger charge is 2.17. The monoisotopic (exact) mass is 209 g/mol. The molecule has 1 N–H and O–H groups in total. The molecular weight excluding hydrogens is 190 g/mol. The van der Waals surface area contributed by atoms with E-state index in [-0.39, 0.29) is 11.9 Å². The summed E-state index contributed by atoms with van der Waals surface area (Å²) in [6.07, 6.45) is 3.67. The van der Waals surface area contributed by atoms with E-state index < -0.39 is 0 Å². The molecule has 3 heteroatoms. The summed E-state index contributed by atoms with van der Waals surface area (Å²) in [5.74, 6) is 0.788. The maximum absolute atomic E-state index is 11.6. The van der Waals surface area contributed by atoms with Gasteiger partial charge in [-0.1, -0.05) is 26.7 Å². The molecule has 1 unspecified atom stereocenters. The van der Waals surface area contributed by atoms with Gasteiger partial charge in [0.1, 0.15) is 0 Å². The van der Waals surface area contributed by atoms with Crippen molar-refractivity contribution in [2.24, 2.45) is 5.92 Å². The number of hydrogen-bond donors (Lipinski definition) is 1. The lowest BCUT2D eigenvalue weighted by atomic mass is 9.95. The summed E-state index contributed by atoms with van der Waals surface area (Å²) < 4.78 is 5.03. The second kappa shape index (κ2) is 5.59. The van der Waals surface area contributed by atoms with Crippen LogP contribution >= 0.6 is 0 Å². The fraction of sp³-hybridized carbons (Fsp3) is 0.583. The fourth-order valence-electron chi connectivity index (χ4n) is 1.80. The molecule has 15 heavy (non-hydrogen) atoms. The van der Waals surface area contributed by atoms with Gasteiger partial charge in [-0.15, -0.1) is 0 Å². The third-order valence-electron chi connectivity index (χ3n) is 2.86. The van der Waals surface area contributed by atoms with Gasteiger partial charge in [0.2, 0.25) is 0 Å². The molecule has 0 aromatic carbocycles. The molecule has 1 atom stereocenters. The van der Waals surface area contributed by atoms with Crippen molar-refractivity contribution in [2.45, 2.75) is 39.7 Å². The first-order valence-electron chi connectivity index (χ1n) is 5.53. The van der Waals surface area contributed by atoms with Crippen molar-refractivity contribution < 1.29 is 9.21 Å². The molecular formula is C12H19NO2. The van der Waals surface area contributed by atoms with Crippen molar-refractivity contribution in [2.75, 3.05) is 0 Å². The third-order valence-corrected chi connectivity index (χ3v) is 2.86. The quantitative estimate of drug-likeness (QED) is 0.810. The highest BCUT2D eigenvalue weighted by Crippen LogP contribution is 2.13. The molecule has 0 bridgehead atoms. The van der Waals surface area contributed by atoms with E-state index in [1.165, 1.54) is 6.26 Å². The second-order valence-electron chi connectivity index (χ2n) is 3.82. The van der Waals surface area contributed by atoms with Gasteiger partial charge >= 0.3 is 0 Å². The molecule has 1 amide bonds. The average molecular weight is 209 g/mol. The highest BCUT2D eigenvalue weighted by atomic mass is 16.3. The number of amides is 1. The lowest BCUT2D eigenvalue weighted by molar-refractivity contribution is 0.0897. The Kier molecular flexibility index (Phi) is 4.40. The van der Waals surface area contributed by atoms with Crippen LogP contribution in [0, 0.1) is 5.92 Å². The van der Waals surface area contributed by atoms with Crippen LogP contribution in [-0.4, -0.2) is 11.9 Å². The van der Waals surface area contributed by atoms with E-state index >= 15 is 0 Å². The summed E-state index contributed by atoms with van der Waals surface area (Å²) in [5, 5.41) is 2.95. The molecule has 0 spiro atoms. The maximum atomic E-state index is 11.6. The minimum atomic E-state index is -0.126. The second-order valence-corrected chi connectivity index (χ2v) is 3.82. The van der Waals surface area contributed by atoms with Gasteiger partial charge in [-0.05, 0) is 25.0 Å². The number of furan rings is 1. The normalized spacial score (nSPS) is 12.8. The summed E-state index contributed by atoms with van der Waals surface area (Å²) in [5.41, 5.74) is 0. The molecule has 0 saturated carbocycles. The summed E-state index contributed by atoms with van der Waals surface area (Å²) in [6.45, 7) is 6.33. The van der Waals surface area contributed by atoms with Crippen LogP contribution in [0.4, 0.5) is 0 Å². The van der Waals surface area contributed by atoms with Crippen LogP contribution < -0.4 is 5.32 Å². The van der Waals surface area contributed by atoms with E-state index in [0.717, 1.165) is 12.8 Å². The minimum absolute atomic E-state index is 0.126. The SMILES string of the molecule is CCC(CC)C(C)NC(=O)c1ccco1. The topological polar surface area (TPSA) is 42.2 Å². The summed E-state index contributed by atoms with van der Waals surface area (Å²) >= 11 is 0. The first-order valence-corrected chi connectivity index (χ1v) is 5.53. The smallest absolute Gasteiger partial charge is 0.287 e. The number of carbonyl (C=O) groups is 1. The third kappa shape index (κ3) is 3.11. The van der Waals surface area contributed by atoms with Crippen LogP contribution in [0.1, 0.15) is 44.2 Å². The van der Waals surface area contributed by atoms with Crippen LogP contribution in [0.25, 0.3) is 0 Å². The Hall–Kier alpha value is -1.25. The Balaban J connectivity index is 2.51.